The Morgan fingerprint density at radius 2 is 1.11 bits per heavy atom. The largest absolute Gasteiger partial charge is 0.0654 e. The third-order valence-electron chi connectivity index (χ3n) is 3.59. The zero-order chi connectivity index (χ0) is 13.1. The summed E-state index contributed by atoms with van der Waals surface area (Å²) >= 11 is 0. The Morgan fingerprint density at radius 3 is 1.50 bits per heavy atom. The Bertz CT molecular complexity index is 270. The molecule has 0 N–H and O–H groups in total. The molecule has 0 nitrogen and oxygen atoms in total. The van der Waals surface area contributed by atoms with Crippen LogP contribution in [-0.2, 0) is 12.8 Å². The minimum Gasteiger partial charge on any atom is -0.0654 e. The first-order valence-corrected chi connectivity index (χ1v) is 7.78. The maximum atomic E-state index is 3.12. The van der Waals surface area contributed by atoms with Gasteiger partial charge in [0.15, 0.2) is 0 Å². The highest BCUT2D eigenvalue weighted by atomic mass is 14.1. The maximum absolute atomic E-state index is 3.12. The Balaban J connectivity index is 2.36. The molecular formula is C18H28. The number of benzene rings is 1. The van der Waals surface area contributed by atoms with Crippen molar-refractivity contribution in [2.45, 2.75) is 78.1 Å². The van der Waals surface area contributed by atoms with Crippen molar-refractivity contribution in [3.63, 3.8) is 0 Å². The molecule has 18 heavy (non-hydrogen) atoms. The third-order valence-corrected chi connectivity index (χ3v) is 3.59. The van der Waals surface area contributed by atoms with Crippen molar-refractivity contribution in [1.29, 1.82) is 0 Å². The molecule has 0 saturated heterocycles. The Morgan fingerprint density at radius 1 is 0.667 bits per heavy atom. The van der Waals surface area contributed by atoms with E-state index in [1.54, 1.807) is 0 Å². The molecular weight excluding hydrogens is 216 g/mol. The molecule has 0 unspecified atom stereocenters. The van der Waals surface area contributed by atoms with Gasteiger partial charge in [-0.1, -0.05) is 64.5 Å². The average molecular weight is 244 g/mol. The monoisotopic (exact) mass is 244 g/mol. The van der Waals surface area contributed by atoms with E-state index in [4.69, 9.17) is 0 Å². The average Bonchev–Trinajstić information content (AvgIpc) is 2.41. The summed E-state index contributed by atoms with van der Waals surface area (Å²) in [5.41, 5.74) is 3.03. The second-order valence-electron chi connectivity index (χ2n) is 5.25. The second kappa shape index (κ2) is 10.2. The molecule has 0 fully saturated rings. The number of hydrogen-bond acceptors (Lipinski definition) is 0. The van der Waals surface area contributed by atoms with Crippen molar-refractivity contribution in [2.24, 2.45) is 0 Å². The highest BCUT2D eigenvalue weighted by Crippen LogP contribution is 2.16. The van der Waals surface area contributed by atoms with E-state index in [0.29, 0.717) is 0 Å². The third kappa shape index (κ3) is 6.23. The lowest BCUT2D eigenvalue weighted by atomic mass is 9.97. The zero-order valence-corrected chi connectivity index (χ0v) is 12.2. The molecule has 0 saturated carbocycles. The van der Waals surface area contributed by atoms with E-state index in [0.717, 1.165) is 0 Å². The lowest BCUT2D eigenvalue weighted by Crippen LogP contribution is -1.95. The van der Waals surface area contributed by atoms with E-state index < -0.39 is 0 Å². The molecule has 2 radical (unpaired) electrons. The van der Waals surface area contributed by atoms with Crippen molar-refractivity contribution < 1.29 is 0 Å². The van der Waals surface area contributed by atoms with Gasteiger partial charge in [-0.25, -0.2) is 0 Å². The van der Waals surface area contributed by atoms with Crippen LogP contribution in [0.25, 0.3) is 0 Å². The lowest BCUT2D eigenvalue weighted by Gasteiger charge is -2.09. The van der Waals surface area contributed by atoms with Crippen LogP contribution in [-0.4, -0.2) is 0 Å². The summed E-state index contributed by atoms with van der Waals surface area (Å²) in [6.45, 7) is 4.54. The molecule has 0 aliphatic rings. The molecule has 0 bridgehead atoms. The van der Waals surface area contributed by atoms with Gasteiger partial charge in [0.2, 0.25) is 0 Å². The molecule has 100 valence electrons. The van der Waals surface area contributed by atoms with Crippen LogP contribution in [0.5, 0.6) is 0 Å². The molecule has 1 aromatic rings. The summed E-state index contributed by atoms with van der Waals surface area (Å²) in [5, 5.41) is 0. The minimum atomic E-state index is 1.23. The van der Waals surface area contributed by atoms with E-state index in [2.05, 4.69) is 38.1 Å². The second-order valence-corrected chi connectivity index (χ2v) is 5.25. The summed E-state index contributed by atoms with van der Waals surface area (Å²) in [4.78, 5) is 0. The molecule has 0 aliphatic carbocycles. The van der Waals surface area contributed by atoms with Gasteiger partial charge in [0.1, 0.15) is 0 Å². The highest BCUT2D eigenvalue weighted by Gasteiger charge is 2.01. The fourth-order valence-electron chi connectivity index (χ4n) is 2.39. The van der Waals surface area contributed by atoms with Gasteiger partial charge in [-0.3, -0.25) is 0 Å². The number of unbranched alkanes of at least 4 members (excludes halogenated alkanes) is 6. The molecule has 0 spiro atoms. The zero-order valence-electron chi connectivity index (χ0n) is 12.2. The van der Waals surface area contributed by atoms with Gasteiger partial charge in [0, 0.05) is 0 Å². The molecule has 0 atom stereocenters. The van der Waals surface area contributed by atoms with E-state index >= 15 is 0 Å². The molecule has 0 heterocycles. The van der Waals surface area contributed by atoms with Crippen molar-refractivity contribution in [2.75, 3.05) is 0 Å². The predicted octanol–water partition coefficient (Wildman–Crippen LogP) is 5.53. The van der Waals surface area contributed by atoms with Crippen LogP contribution in [0, 0.1) is 12.1 Å². The quantitative estimate of drug-likeness (QED) is 0.474. The smallest absolute Gasteiger partial charge is 0.00959 e. The molecule has 0 heteroatoms. The van der Waals surface area contributed by atoms with Crippen LogP contribution in [0.2, 0.25) is 0 Å². The normalized spacial score (nSPS) is 10.8. The van der Waals surface area contributed by atoms with Crippen molar-refractivity contribution in [1.82, 2.24) is 0 Å². The summed E-state index contributed by atoms with van der Waals surface area (Å²) in [6, 6.07) is 10.5. The molecule has 0 aromatic heterocycles. The van der Waals surface area contributed by atoms with E-state index in [9.17, 15) is 0 Å². The summed E-state index contributed by atoms with van der Waals surface area (Å²) in [6.07, 6.45) is 13.2. The van der Waals surface area contributed by atoms with Crippen LogP contribution in [0.3, 0.4) is 0 Å². The van der Waals surface area contributed by atoms with Crippen molar-refractivity contribution >= 4 is 0 Å². The van der Waals surface area contributed by atoms with Gasteiger partial charge in [0.25, 0.3) is 0 Å². The number of aryl methyl sites for hydroxylation is 2. The van der Waals surface area contributed by atoms with Crippen LogP contribution in [0.15, 0.2) is 12.1 Å². The first kappa shape index (κ1) is 15.3. The van der Waals surface area contributed by atoms with E-state index in [1.807, 2.05) is 0 Å². The van der Waals surface area contributed by atoms with Crippen molar-refractivity contribution in [3.8, 4) is 0 Å². The van der Waals surface area contributed by atoms with Crippen LogP contribution >= 0.6 is 0 Å². The maximum Gasteiger partial charge on any atom is -0.00959 e. The fourth-order valence-corrected chi connectivity index (χ4v) is 2.39. The van der Waals surface area contributed by atoms with Crippen molar-refractivity contribution in [3.05, 3.63) is 35.4 Å². The first-order chi connectivity index (χ1) is 8.88. The summed E-state index contributed by atoms with van der Waals surface area (Å²) in [7, 11) is 0. The summed E-state index contributed by atoms with van der Waals surface area (Å²) in [5.74, 6) is 0. The Labute approximate surface area is 114 Å². The minimum absolute atomic E-state index is 1.23. The van der Waals surface area contributed by atoms with Crippen LogP contribution in [0.1, 0.15) is 76.3 Å². The van der Waals surface area contributed by atoms with Gasteiger partial charge in [-0.05, 0) is 48.9 Å². The molecule has 1 rings (SSSR count). The SMILES string of the molecule is CCCCCCc1c[c][c]cc1CCCCCC. The topological polar surface area (TPSA) is 0 Å². The lowest BCUT2D eigenvalue weighted by molar-refractivity contribution is 0.650. The summed E-state index contributed by atoms with van der Waals surface area (Å²) < 4.78 is 0. The Hall–Kier alpha value is -0.780. The molecule has 0 aliphatic heterocycles. The highest BCUT2D eigenvalue weighted by molar-refractivity contribution is 5.26. The Kier molecular flexibility index (Phi) is 8.63. The van der Waals surface area contributed by atoms with Crippen LogP contribution in [0.4, 0.5) is 0 Å². The van der Waals surface area contributed by atoms with Gasteiger partial charge < -0.3 is 0 Å². The molecule has 0 amide bonds. The van der Waals surface area contributed by atoms with E-state index in [-0.39, 0.29) is 0 Å². The van der Waals surface area contributed by atoms with Gasteiger partial charge in [-0.2, -0.15) is 0 Å². The van der Waals surface area contributed by atoms with Gasteiger partial charge in [0.05, 0.1) is 0 Å². The molecule has 1 aromatic carbocycles. The predicted molar refractivity (Wildman–Crippen MR) is 79.8 cm³/mol. The van der Waals surface area contributed by atoms with Gasteiger partial charge in [-0.15, -0.1) is 0 Å². The number of hydrogen-bond donors (Lipinski definition) is 0. The fraction of sp³-hybridized carbons (Fsp3) is 0.667. The first-order valence-electron chi connectivity index (χ1n) is 7.78. The standard InChI is InChI=1S/C18H28/c1-3-5-7-9-13-17-15-11-12-16-18(17)14-10-8-6-4-2/h15-16H,3-10,13-14H2,1-2H3. The number of rotatable bonds is 10. The van der Waals surface area contributed by atoms with Crippen LogP contribution < -0.4 is 0 Å². The van der Waals surface area contributed by atoms with E-state index in [1.165, 1.54) is 75.3 Å². The van der Waals surface area contributed by atoms with Gasteiger partial charge >= 0.3 is 0 Å².